The van der Waals surface area contributed by atoms with E-state index in [1.807, 2.05) is 48.5 Å². The van der Waals surface area contributed by atoms with Crippen LogP contribution >= 0.6 is 0 Å². The number of benzene rings is 8. The van der Waals surface area contributed by atoms with Crippen molar-refractivity contribution in [1.82, 2.24) is 0 Å². The van der Waals surface area contributed by atoms with E-state index in [9.17, 15) is 20.4 Å². The lowest BCUT2D eigenvalue weighted by atomic mass is 9.73. The molecular formula is C54H49NO4. The average molecular weight is 776 g/mol. The van der Waals surface area contributed by atoms with E-state index < -0.39 is 0 Å². The van der Waals surface area contributed by atoms with Crippen molar-refractivity contribution in [3.8, 4) is 23.0 Å². The molecular weight excluding hydrogens is 727 g/mol. The fourth-order valence-corrected chi connectivity index (χ4v) is 8.09. The molecule has 5 nitrogen and oxygen atoms in total. The summed E-state index contributed by atoms with van der Waals surface area (Å²) in [7, 11) is 0. The van der Waals surface area contributed by atoms with Gasteiger partial charge in [-0.25, -0.2) is 0 Å². The first-order valence-electron chi connectivity index (χ1n) is 20.0. The molecule has 8 aromatic rings. The minimum Gasteiger partial charge on any atom is -0.872 e. The van der Waals surface area contributed by atoms with Crippen LogP contribution in [-0.4, -0.2) is 19.8 Å². The highest BCUT2D eigenvalue weighted by Gasteiger charge is 2.30. The van der Waals surface area contributed by atoms with Gasteiger partial charge in [0.15, 0.2) is 0 Å². The van der Waals surface area contributed by atoms with Crippen LogP contribution in [0.15, 0.2) is 218 Å². The van der Waals surface area contributed by atoms with E-state index >= 15 is 0 Å². The first-order chi connectivity index (χ1) is 28.8. The van der Waals surface area contributed by atoms with Crippen LogP contribution in [0.2, 0.25) is 0 Å². The third kappa shape index (κ3) is 11.1. The number of rotatable bonds is 13. The molecule has 59 heavy (non-hydrogen) atoms. The fraction of sp³-hybridized carbons (Fsp3) is 0.111. The van der Waals surface area contributed by atoms with Crippen molar-refractivity contribution in [3.63, 3.8) is 0 Å². The van der Waals surface area contributed by atoms with Crippen LogP contribution < -0.4 is 5.11 Å². The van der Waals surface area contributed by atoms with Gasteiger partial charge in [0.2, 0.25) is 0 Å². The zero-order chi connectivity index (χ0) is 40.9. The van der Waals surface area contributed by atoms with Crippen LogP contribution in [0.5, 0.6) is 23.0 Å². The van der Waals surface area contributed by atoms with Gasteiger partial charge in [0, 0.05) is 34.1 Å². The Morgan fingerprint density at radius 3 is 0.763 bits per heavy atom. The van der Waals surface area contributed by atoms with E-state index in [-0.39, 0.29) is 34.8 Å². The zero-order valence-corrected chi connectivity index (χ0v) is 33.0. The Kier molecular flexibility index (Phi) is 13.2. The van der Waals surface area contributed by atoms with Crippen LogP contribution in [0.4, 0.5) is 0 Å². The number of phenolic OH excluding ortho intramolecular Hbond substituents is 3. The largest absolute Gasteiger partial charge is 0.872 e. The molecule has 0 radical (unpaired) electrons. The quantitative estimate of drug-likeness (QED) is 0.102. The lowest BCUT2D eigenvalue weighted by molar-refractivity contribution is -0.978. The SMILES string of the molecule is [O-]c1ccc(C(c2ccc(O)cc2)C(c2ccc(O)cc2)c2ccc(O)cc2)cc1.c1ccc(C[N+](Cc2ccccc2)(Cc2ccccc2)Cc2ccccc2)cc1. The molecule has 0 amide bonds. The smallest absolute Gasteiger partial charge is 0.115 e. The number of hydrogen-bond acceptors (Lipinski definition) is 4. The summed E-state index contributed by atoms with van der Waals surface area (Å²) in [5.41, 5.74) is 9.41. The van der Waals surface area contributed by atoms with E-state index in [0.717, 1.165) is 52.9 Å². The monoisotopic (exact) mass is 775 g/mol. The van der Waals surface area contributed by atoms with Gasteiger partial charge in [-0.05, 0) is 58.7 Å². The molecule has 0 aromatic heterocycles. The van der Waals surface area contributed by atoms with E-state index in [0.29, 0.717) is 0 Å². The number of aromatic hydroxyl groups is 3. The molecule has 0 bridgehead atoms. The van der Waals surface area contributed by atoms with Crippen LogP contribution in [0.1, 0.15) is 56.3 Å². The molecule has 1 unspecified atom stereocenters. The molecule has 0 heterocycles. The van der Waals surface area contributed by atoms with Crippen LogP contribution in [0.25, 0.3) is 0 Å². The molecule has 5 heteroatoms. The third-order valence-corrected chi connectivity index (χ3v) is 10.8. The normalized spacial score (nSPS) is 11.7. The summed E-state index contributed by atoms with van der Waals surface area (Å²) in [6, 6.07) is 71.6. The standard InChI is InChI=1S/C28H28N.C26H22O4/c1-5-13-25(14-6-1)21-29(22-26-15-7-2-8-16-26,23-27-17-9-3-10-18-27)24-28-19-11-4-12-20-28;27-21-9-1-17(2-10-21)25(18-3-11-22(28)12-4-18)26(19-5-13-23(29)14-6-19)20-7-15-24(30)16-8-20/h1-20H,21-24H2;1-16,25-30H/q+1;/p-1. The highest BCUT2D eigenvalue weighted by atomic mass is 16.3. The van der Waals surface area contributed by atoms with Crippen LogP contribution in [0.3, 0.4) is 0 Å². The molecule has 0 spiro atoms. The first kappa shape index (κ1) is 40.1. The van der Waals surface area contributed by atoms with Gasteiger partial charge in [0.05, 0.1) is 0 Å². The minimum atomic E-state index is -0.166. The second kappa shape index (κ2) is 19.4. The van der Waals surface area contributed by atoms with Crippen molar-refractivity contribution in [2.75, 3.05) is 0 Å². The zero-order valence-electron chi connectivity index (χ0n) is 33.0. The predicted molar refractivity (Wildman–Crippen MR) is 235 cm³/mol. The van der Waals surface area contributed by atoms with Gasteiger partial charge >= 0.3 is 0 Å². The van der Waals surface area contributed by atoms with Gasteiger partial charge in [0.1, 0.15) is 43.4 Å². The van der Waals surface area contributed by atoms with Gasteiger partial charge in [-0.15, -0.1) is 5.75 Å². The Labute approximate surface area is 347 Å². The van der Waals surface area contributed by atoms with Crippen molar-refractivity contribution in [3.05, 3.63) is 263 Å². The number of nitrogens with zero attached hydrogens (tertiary/aromatic N) is 1. The summed E-state index contributed by atoms with van der Waals surface area (Å²) in [6.45, 7) is 4.00. The van der Waals surface area contributed by atoms with Gasteiger partial charge in [-0.2, -0.15) is 0 Å². The molecule has 0 aliphatic rings. The molecule has 1 atom stereocenters. The van der Waals surface area contributed by atoms with Crippen molar-refractivity contribution in [2.45, 2.75) is 38.0 Å². The van der Waals surface area contributed by atoms with Crippen LogP contribution in [-0.2, 0) is 26.2 Å². The molecule has 0 aliphatic heterocycles. The summed E-state index contributed by atoms with van der Waals surface area (Å²) in [6.07, 6.45) is 0. The Balaban J connectivity index is 0.000000179. The van der Waals surface area contributed by atoms with Crippen molar-refractivity contribution >= 4 is 0 Å². The Morgan fingerprint density at radius 1 is 0.305 bits per heavy atom. The van der Waals surface area contributed by atoms with E-state index in [1.54, 1.807) is 48.5 Å². The van der Waals surface area contributed by atoms with Crippen molar-refractivity contribution in [2.24, 2.45) is 0 Å². The predicted octanol–water partition coefficient (Wildman–Crippen LogP) is 11.4. The summed E-state index contributed by atoms with van der Waals surface area (Å²) >= 11 is 0. The van der Waals surface area contributed by atoms with Gasteiger partial charge in [-0.1, -0.05) is 182 Å². The molecule has 8 rings (SSSR count). The van der Waals surface area contributed by atoms with Gasteiger partial charge in [0.25, 0.3) is 0 Å². The lowest BCUT2D eigenvalue weighted by Gasteiger charge is -2.39. The third-order valence-electron chi connectivity index (χ3n) is 10.8. The van der Waals surface area contributed by atoms with E-state index in [2.05, 4.69) is 121 Å². The molecule has 0 saturated carbocycles. The first-order valence-corrected chi connectivity index (χ1v) is 20.0. The van der Waals surface area contributed by atoms with Crippen LogP contribution in [0, 0.1) is 0 Å². The highest BCUT2D eigenvalue weighted by molar-refractivity contribution is 5.48. The van der Waals surface area contributed by atoms with Gasteiger partial charge in [-0.3, -0.25) is 0 Å². The molecule has 0 saturated heterocycles. The summed E-state index contributed by atoms with van der Waals surface area (Å²) in [5, 5.41) is 41.1. The second-order valence-electron chi connectivity index (χ2n) is 15.2. The molecule has 3 N–H and O–H groups in total. The number of quaternary nitrogens is 1. The number of phenols is 3. The Morgan fingerprint density at radius 2 is 0.525 bits per heavy atom. The molecule has 8 aromatic carbocycles. The average Bonchev–Trinajstić information content (AvgIpc) is 3.26. The molecule has 294 valence electrons. The van der Waals surface area contributed by atoms with E-state index in [4.69, 9.17) is 0 Å². The summed E-state index contributed by atoms with van der Waals surface area (Å²) in [4.78, 5) is 0. The number of hydrogen-bond donors (Lipinski definition) is 3. The topological polar surface area (TPSA) is 83.8 Å². The maximum absolute atomic E-state index is 11.7. The Hall–Kier alpha value is -7.08. The van der Waals surface area contributed by atoms with Gasteiger partial charge < -0.3 is 24.9 Å². The minimum absolute atomic E-state index is 0.0611. The highest BCUT2D eigenvalue weighted by Crippen LogP contribution is 2.44. The second-order valence-corrected chi connectivity index (χ2v) is 15.2. The fourth-order valence-electron chi connectivity index (χ4n) is 8.09. The van der Waals surface area contributed by atoms with Crippen molar-refractivity contribution in [1.29, 1.82) is 0 Å². The Bertz CT molecular complexity index is 2080. The summed E-state index contributed by atoms with van der Waals surface area (Å²) in [5.74, 6) is 0.154. The molecule has 0 fully saturated rings. The van der Waals surface area contributed by atoms with Crippen molar-refractivity contribution < 1.29 is 24.9 Å². The summed E-state index contributed by atoms with van der Waals surface area (Å²) < 4.78 is 0.960. The lowest BCUT2D eigenvalue weighted by Crippen LogP contribution is -2.45. The van der Waals surface area contributed by atoms with E-state index in [1.165, 1.54) is 22.3 Å². The molecule has 0 aliphatic carbocycles. The maximum Gasteiger partial charge on any atom is 0.115 e. The maximum atomic E-state index is 11.7.